The maximum Gasteiger partial charge on any atom is 0.318 e. The van der Waals surface area contributed by atoms with E-state index in [9.17, 15) is 14.7 Å². The summed E-state index contributed by atoms with van der Waals surface area (Å²) in [5.74, 6) is 0.0294. The molecule has 1 saturated heterocycles. The largest absolute Gasteiger partial charge is 0.508 e. The Labute approximate surface area is 158 Å². The molecule has 1 aliphatic carbocycles. The highest BCUT2D eigenvalue weighted by molar-refractivity contribution is 5.85. The molecule has 1 fully saturated rings. The molecule has 6 nitrogen and oxygen atoms in total. The normalized spacial score (nSPS) is 21.5. The highest BCUT2D eigenvalue weighted by atomic mass is 16.3. The van der Waals surface area contributed by atoms with Crippen LogP contribution in [-0.4, -0.2) is 35.0 Å². The Bertz CT molecular complexity index is 853. The van der Waals surface area contributed by atoms with E-state index in [0.29, 0.717) is 6.54 Å². The van der Waals surface area contributed by atoms with Gasteiger partial charge in [0, 0.05) is 6.54 Å². The van der Waals surface area contributed by atoms with Gasteiger partial charge in [-0.15, -0.1) is 0 Å². The highest BCUT2D eigenvalue weighted by Crippen LogP contribution is 2.33. The van der Waals surface area contributed by atoms with E-state index in [1.54, 1.807) is 17.0 Å². The van der Waals surface area contributed by atoms with Crippen molar-refractivity contribution >= 4 is 11.9 Å². The molecule has 3 amide bonds. The molecule has 0 bridgehead atoms. The maximum atomic E-state index is 12.5. The molecule has 140 valence electrons. The number of aromatic hydroxyl groups is 1. The van der Waals surface area contributed by atoms with Gasteiger partial charge in [0.05, 0.1) is 12.1 Å². The van der Waals surface area contributed by atoms with Crippen LogP contribution in [0.3, 0.4) is 0 Å². The number of fused-ring (bicyclic) bond motifs is 1. The maximum absolute atomic E-state index is 12.5. The van der Waals surface area contributed by atoms with Gasteiger partial charge in [0.1, 0.15) is 12.3 Å². The van der Waals surface area contributed by atoms with Crippen molar-refractivity contribution in [2.45, 2.75) is 31.3 Å². The number of carbonyl (C=O) groups is 2. The van der Waals surface area contributed by atoms with Gasteiger partial charge in [0.25, 0.3) is 0 Å². The van der Waals surface area contributed by atoms with Crippen LogP contribution in [0.2, 0.25) is 0 Å². The summed E-state index contributed by atoms with van der Waals surface area (Å²) in [6.07, 6.45) is 2.46. The number of rotatable bonds is 4. The number of aryl methyl sites for hydroxylation is 1. The molecule has 27 heavy (non-hydrogen) atoms. The highest BCUT2D eigenvalue weighted by Gasteiger charge is 2.29. The number of hydrogen-bond donors (Lipinski definition) is 3. The molecule has 2 aromatic rings. The summed E-state index contributed by atoms with van der Waals surface area (Å²) in [4.78, 5) is 26.4. The summed E-state index contributed by atoms with van der Waals surface area (Å²) in [5.41, 5.74) is 3.20. The number of hydrogen-bond acceptors (Lipinski definition) is 3. The van der Waals surface area contributed by atoms with E-state index in [-0.39, 0.29) is 36.3 Å². The minimum absolute atomic E-state index is 0.0114. The van der Waals surface area contributed by atoms with E-state index in [2.05, 4.69) is 10.6 Å². The summed E-state index contributed by atoms with van der Waals surface area (Å²) in [5, 5.41) is 15.7. The van der Waals surface area contributed by atoms with Crippen molar-refractivity contribution in [3.63, 3.8) is 0 Å². The van der Waals surface area contributed by atoms with Crippen LogP contribution >= 0.6 is 0 Å². The first-order chi connectivity index (χ1) is 13.1. The van der Waals surface area contributed by atoms with Gasteiger partial charge in [0.15, 0.2) is 0 Å². The van der Waals surface area contributed by atoms with E-state index in [1.807, 2.05) is 36.4 Å². The fourth-order valence-electron chi connectivity index (χ4n) is 3.94. The topological polar surface area (TPSA) is 81.7 Å². The zero-order valence-corrected chi connectivity index (χ0v) is 15.0. The van der Waals surface area contributed by atoms with Gasteiger partial charge in [-0.1, -0.05) is 36.4 Å². The molecule has 0 saturated carbocycles. The molecule has 0 spiro atoms. The minimum Gasteiger partial charge on any atom is -0.508 e. The van der Waals surface area contributed by atoms with E-state index >= 15 is 0 Å². The van der Waals surface area contributed by atoms with Crippen molar-refractivity contribution in [1.82, 2.24) is 15.5 Å². The first kappa shape index (κ1) is 17.4. The van der Waals surface area contributed by atoms with Crippen LogP contribution in [0.1, 0.15) is 41.6 Å². The van der Waals surface area contributed by atoms with E-state index in [0.717, 1.165) is 36.0 Å². The SMILES string of the molecule is O=C(CN1CCC(c2ccccc2)NC1=O)NC1CCc2ccc(O)cc21. The van der Waals surface area contributed by atoms with Crippen molar-refractivity contribution in [3.8, 4) is 5.75 Å². The van der Waals surface area contributed by atoms with Crippen LogP contribution < -0.4 is 10.6 Å². The molecule has 2 atom stereocenters. The summed E-state index contributed by atoms with van der Waals surface area (Å²) in [7, 11) is 0. The Hall–Kier alpha value is -3.02. The lowest BCUT2D eigenvalue weighted by Crippen LogP contribution is -2.51. The predicted molar refractivity (Wildman–Crippen MR) is 101 cm³/mol. The summed E-state index contributed by atoms with van der Waals surface area (Å²) in [6.45, 7) is 0.582. The smallest absolute Gasteiger partial charge is 0.318 e. The monoisotopic (exact) mass is 365 g/mol. The lowest BCUT2D eigenvalue weighted by atomic mass is 10.0. The first-order valence-corrected chi connectivity index (χ1v) is 9.31. The fraction of sp³-hybridized carbons (Fsp3) is 0.333. The lowest BCUT2D eigenvalue weighted by Gasteiger charge is -2.33. The third-order valence-corrected chi connectivity index (χ3v) is 5.35. The third kappa shape index (κ3) is 3.74. The standard InChI is InChI=1S/C21H23N3O3/c25-16-8-6-14-7-9-19(17(14)12-16)22-20(26)13-24-11-10-18(23-21(24)27)15-4-2-1-3-5-15/h1-6,8,12,18-19,25H,7,9-11,13H2,(H,22,26)(H,23,27). The van der Waals surface area contributed by atoms with Gasteiger partial charge in [-0.25, -0.2) is 4.79 Å². The number of benzene rings is 2. The van der Waals surface area contributed by atoms with Crippen LogP contribution in [0, 0.1) is 0 Å². The first-order valence-electron chi connectivity index (χ1n) is 9.31. The molecular weight excluding hydrogens is 342 g/mol. The Morgan fingerprint density at radius 2 is 2.00 bits per heavy atom. The number of nitrogens with zero attached hydrogens (tertiary/aromatic N) is 1. The Balaban J connectivity index is 1.33. The Morgan fingerprint density at radius 1 is 1.19 bits per heavy atom. The predicted octanol–water partition coefficient (Wildman–Crippen LogP) is 2.65. The molecular formula is C21H23N3O3. The number of urea groups is 1. The molecule has 2 unspecified atom stereocenters. The average molecular weight is 365 g/mol. The fourth-order valence-corrected chi connectivity index (χ4v) is 3.94. The molecule has 0 aromatic heterocycles. The van der Waals surface area contributed by atoms with Crippen molar-refractivity contribution in [1.29, 1.82) is 0 Å². The summed E-state index contributed by atoms with van der Waals surface area (Å²) < 4.78 is 0. The molecule has 3 N–H and O–H groups in total. The second-order valence-corrected chi connectivity index (χ2v) is 7.16. The van der Waals surface area contributed by atoms with Crippen molar-refractivity contribution in [2.24, 2.45) is 0 Å². The molecule has 1 heterocycles. The molecule has 6 heteroatoms. The van der Waals surface area contributed by atoms with Crippen molar-refractivity contribution in [3.05, 3.63) is 65.2 Å². The molecule has 0 radical (unpaired) electrons. The van der Waals surface area contributed by atoms with E-state index in [4.69, 9.17) is 0 Å². The number of amides is 3. The number of carbonyl (C=O) groups excluding carboxylic acids is 2. The molecule has 4 rings (SSSR count). The Kier molecular flexibility index (Phi) is 4.71. The van der Waals surface area contributed by atoms with Gasteiger partial charge in [-0.2, -0.15) is 0 Å². The number of phenols is 1. The van der Waals surface area contributed by atoms with Crippen LogP contribution in [0.15, 0.2) is 48.5 Å². The van der Waals surface area contributed by atoms with Gasteiger partial charge >= 0.3 is 6.03 Å². The Morgan fingerprint density at radius 3 is 2.78 bits per heavy atom. The average Bonchev–Trinajstić information content (AvgIpc) is 3.06. The van der Waals surface area contributed by atoms with Crippen LogP contribution in [0.4, 0.5) is 4.79 Å². The zero-order valence-electron chi connectivity index (χ0n) is 15.0. The summed E-state index contributed by atoms with van der Waals surface area (Å²) >= 11 is 0. The van der Waals surface area contributed by atoms with Gasteiger partial charge in [0.2, 0.25) is 5.91 Å². The van der Waals surface area contributed by atoms with Crippen LogP contribution in [-0.2, 0) is 11.2 Å². The van der Waals surface area contributed by atoms with Gasteiger partial charge in [-0.05, 0) is 48.1 Å². The number of nitrogens with one attached hydrogen (secondary N) is 2. The summed E-state index contributed by atoms with van der Waals surface area (Å²) in [6, 6.07) is 14.8. The third-order valence-electron chi connectivity index (χ3n) is 5.35. The second kappa shape index (κ2) is 7.31. The van der Waals surface area contributed by atoms with Crippen LogP contribution in [0.25, 0.3) is 0 Å². The second-order valence-electron chi connectivity index (χ2n) is 7.16. The molecule has 1 aliphatic heterocycles. The molecule has 2 aliphatic rings. The van der Waals surface area contributed by atoms with Gasteiger partial charge in [-0.3, -0.25) is 4.79 Å². The van der Waals surface area contributed by atoms with Crippen molar-refractivity contribution < 1.29 is 14.7 Å². The van der Waals surface area contributed by atoms with Crippen molar-refractivity contribution in [2.75, 3.05) is 13.1 Å². The van der Waals surface area contributed by atoms with Crippen LogP contribution in [0.5, 0.6) is 5.75 Å². The zero-order chi connectivity index (χ0) is 18.8. The van der Waals surface area contributed by atoms with E-state index in [1.165, 1.54) is 0 Å². The molecule has 2 aromatic carbocycles. The van der Waals surface area contributed by atoms with Gasteiger partial charge < -0.3 is 20.6 Å². The minimum atomic E-state index is -0.213. The quantitative estimate of drug-likeness (QED) is 0.779. The number of phenolic OH excluding ortho intramolecular Hbond substituents is 1. The van der Waals surface area contributed by atoms with E-state index < -0.39 is 0 Å². The lowest BCUT2D eigenvalue weighted by molar-refractivity contribution is -0.122.